The molecule has 0 bridgehead atoms. The molecule has 390 valence electrons. The van der Waals surface area contributed by atoms with E-state index in [1.54, 1.807) is 0 Å². The second-order valence-electron chi connectivity index (χ2n) is 19.0. The Bertz CT molecular complexity index is 1320. The van der Waals surface area contributed by atoms with Crippen LogP contribution in [0.1, 0.15) is 271 Å². The van der Waals surface area contributed by atoms with Crippen LogP contribution >= 0.6 is 0 Å². The average Bonchev–Trinajstić information content (AvgIpc) is 3.34. The normalized spacial score (nSPS) is 12.7. The average molecular weight is 948 g/mol. The molecule has 0 heterocycles. The van der Waals surface area contributed by atoms with E-state index in [0.717, 1.165) is 64.2 Å². The van der Waals surface area contributed by atoms with Crippen molar-refractivity contribution in [3.63, 3.8) is 0 Å². The molecular formula is C62H106O6. The van der Waals surface area contributed by atoms with Gasteiger partial charge in [0.15, 0.2) is 6.10 Å². The van der Waals surface area contributed by atoms with E-state index in [0.29, 0.717) is 19.3 Å². The summed E-state index contributed by atoms with van der Waals surface area (Å²) in [5.74, 6) is -0.935. The highest BCUT2D eigenvalue weighted by Gasteiger charge is 2.19. The number of unbranched alkanes of at least 4 members (excludes halogenated alkanes) is 31. The first-order valence-electron chi connectivity index (χ1n) is 28.7. The standard InChI is InChI=1S/C62H106O6/c1-4-7-10-13-16-19-22-25-28-30-32-34-37-40-43-46-49-52-55-61(64)67-58-59(57-66-60(63)54-51-48-45-42-39-36-33-27-24-21-18-15-12-9-6-3)68-62(65)56-53-50-47-44-41-38-35-31-29-26-23-20-17-14-11-8-5-2/h8,11,14,17,20-21,23-24,26,29,31,35,38,41,59H,4-7,9-10,12-13,15-16,18-19,22,25,27-28,30,32-34,36-37,39-40,42-58H2,1-3H3/b11-8-,17-14-,23-20-,24-21-,29-26-,35-31+,41-38-. The van der Waals surface area contributed by atoms with E-state index < -0.39 is 6.10 Å². The number of esters is 3. The van der Waals surface area contributed by atoms with Gasteiger partial charge < -0.3 is 14.2 Å². The van der Waals surface area contributed by atoms with Gasteiger partial charge in [-0.15, -0.1) is 0 Å². The lowest BCUT2D eigenvalue weighted by Gasteiger charge is -2.18. The lowest BCUT2D eigenvalue weighted by molar-refractivity contribution is -0.167. The Hall–Kier alpha value is -3.41. The molecular weight excluding hydrogens is 841 g/mol. The van der Waals surface area contributed by atoms with Crippen LogP contribution in [0.2, 0.25) is 0 Å². The molecule has 0 aromatic heterocycles. The quantitative estimate of drug-likeness (QED) is 0.0199. The summed E-state index contributed by atoms with van der Waals surface area (Å²) in [4.78, 5) is 38.1. The first-order valence-corrected chi connectivity index (χ1v) is 28.7. The Morgan fingerprint density at radius 2 is 0.588 bits per heavy atom. The van der Waals surface area contributed by atoms with Gasteiger partial charge in [-0.05, 0) is 64.2 Å². The van der Waals surface area contributed by atoms with Crippen molar-refractivity contribution in [1.82, 2.24) is 0 Å². The molecule has 6 heteroatoms. The first kappa shape index (κ1) is 64.6. The molecule has 68 heavy (non-hydrogen) atoms. The number of hydrogen-bond donors (Lipinski definition) is 0. The van der Waals surface area contributed by atoms with Crippen LogP contribution in [0.15, 0.2) is 85.1 Å². The van der Waals surface area contributed by atoms with Crippen LogP contribution in [0.3, 0.4) is 0 Å². The summed E-state index contributed by atoms with van der Waals surface area (Å²) < 4.78 is 16.8. The van der Waals surface area contributed by atoms with Crippen molar-refractivity contribution in [1.29, 1.82) is 0 Å². The van der Waals surface area contributed by atoms with Gasteiger partial charge in [-0.25, -0.2) is 0 Å². The summed E-state index contributed by atoms with van der Waals surface area (Å²) in [5, 5.41) is 0. The number of ether oxygens (including phenoxy) is 3. The van der Waals surface area contributed by atoms with Crippen molar-refractivity contribution < 1.29 is 28.6 Å². The van der Waals surface area contributed by atoms with Crippen molar-refractivity contribution in [2.45, 2.75) is 277 Å². The zero-order valence-electron chi connectivity index (χ0n) is 44.6. The van der Waals surface area contributed by atoms with Crippen molar-refractivity contribution in [3.8, 4) is 0 Å². The molecule has 0 saturated heterocycles. The van der Waals surface area contributed by atoms with E-state index in [1.165, 1.54) is 161 Å². The van der Waals surface area contributed by atoms with Gasteiger partial charge in [0, 0.05) is 19.3 Å². The SMILES string of the molecule is CC\C=C/C=C\C=C/C=C\C=C\C=C/CCCCCC(=O)OC(COC(=O)CCCCCCCCC/C=C\CCCCCC)COC(=O)CCCCCCCCCCCCCCCCCCCC. The highest BCUT2D eigenvalue weighted by Crippen LogP contribution is 2.16. The number of carbonyl (C=O) groups excluding carboxylic acids is 3. The Morgan fingerprint density at radius 3 is 0.971 bits per heavy atom. The van der Waals surface area contributed by atoms with Gasteiger partial charge in [0.2, 0.25) is 0 Å². The molecule has 0 aliphatic heterocycles. The summed E-state index contributed by atoms with van der Waals surface area (Å²) in [6.07, 6.45) is 72.8. The molecule has 0 spiro atoms. The third kappa shape index (κ3) is 53.5. The lowest BCUT2D eigenvalue weighted by atomic mass is 10.0. The minimum Gasteiger partial charge on any atom is -0.462 e. The molecule has 0 radical (unpaired) electrons. The molecule has 6 nitrogen and oxygen atoms in total. The second-order valence-corrected chi connectivity index (χ2v) is 19.0. The van der Waals surface area contributed by atoms with Crippen LogP contribution in [0, 0.1) is 0 Å². The lowest BCUT2D eigenvalue weighted by Crippen LogP contribution is -2.30. The maximum absolute atomic E-state index is 12.8. The predicted molar refractivity (Wildman–Crippen MR) is 293 cm³/mol. The van der Waals surface area contributed by atoms with Gasteiger partial charge in [-0.2, -0.15) is 0 Å². The van der Waals surface area contributed by atoms with E-state index in [4.69, 9.17) is 14.2 Å². The monoisotopic (exact) mass is 947 g/mol. The van der Waals surface area contributed by atoms with E-state index in [1.807, 2.05) is 60.8 Å². The van der Waals surface area contributed by atoms with Crippen LogP contribution in [-0.4, -0.2) is 37.2 Å². The third-order valence-electron chi connectivity index (χ3n) is 12.3. The fourth-order valence-corrected chi connectivity index (χ4v) is 8.00. The topological polar surface area (TPSA) is 78.9 Å². The summed E-state index contributed by atoms with van der Waals surface area (Å²) >= 11 is 0. The molecule has 0 rings (SSSR count). The zero-order valence-corrected chi connectivity index (χ0v) is 44.6. The van der Waals surface area contributed by atoms with Crippen molar-refractivity contribution >= 4 is 17.9 Å². The Kier molecular flexibility index (Phi) is 53.4. The van der Waals surface area contributed by atoms with Gasteiger partial charge in [0.25, 0.3) is 0 Å². The highest BCUT2D eigenvalue weighted by molar-refractivity contribution is 5.71. The second kappa shape index (κ2) is 56.2. The minimum absolute atomic E-state index is 0.0941. The van der Waals surface area contributed by atoms with Crippen LogP contribution in [0.5, 0.6) is 0 Å². The van der Waals surface area contributed by atoms with E-state index >= 15 is 0 Å². The largest absolute Gasteiger partial charge is 0.462 e. The Morgan fingerprint density at radius 1 is 0.309 bits per heavy atom. The number of rotatable bonds is 51. The maximum Gasteiger partial charge on any atom is 0.306 e. The van der Waals surface area contributed by atoms with Gasteiger partial charge in [-0.1, -0.05) is 273 Å². The number of allylic oxidation sites excluding steroid dienone is 14. The Balaban J connectivity index is 4.45. The van der Waals surface area contributed by atoms with Gasteiger partial charge in [0.1, 0.15) is 13.2 Å². The van der Waals surface area contributed by atoms with Gasteiger partial charge in [-0.3, -0.25) is 14.4 Å². The van der Waals surface area contributed by atoms with Gasteiger partial charge >= 0.3 is 17.9 Å². The zero-order chi connectivity index (χ0) is 49.3. The minimum atomic E-state index is -0.801. The van der Waals surface area contributed by atoms with Crippen molar-refractivity contribution in [2.24, 2.45) is 0 Å². The Labute approximate surface area is 420 Å². The van der Waals surface area contributed by atoms with E-state index in [2.05, 4.69) is 45.1 Å². The maximum atomic E-state index is 12.8. The molecule has 1 unspecified atom stereocenters. The molecule has 0 aromatic rings. The van der Waals surface area contributed by atoms with Gasteiger partial charge in [0.05, 0.1) is 0 Å². The van der Waals surface area contributed by atoms with Crippen molar-refractivity contribution in [3.05, 3.63) is 85.1 Å². The molecule has 0 aliphatic rings. The predicted octanol–water partition coefficient (Wildman–Crippen LogP) is 19.2. The van der Waals surface area contributed by atoms with Crippen LogP contribution in [-0.2, 0) is 28.6 Å². The van der Waals surface area contributed by atoms with E-state index in [-0.39, 0.29) is 37.5 Å². The number of carbonyl (C=O) groups is 3. The smallest absolute Gasteiger partial charge is 0.306 e. The molecule has 0 aromatic carbocycles. The summed E-state index contributed by atoms with van der Waals surface area (Å²) in [5.41, 5.74) is 0. The molecule has 1 atom stereocenters. The summed E-state index contributed by atoms with van der Waals surface area (Å²) in [6, 6.07) is 0. The van der Waals surface area contributed by atoms with Crippen molar-refractivity contribution in [2.75, 3.05) is 13.2 Å². The van der Waals surface area contributed by atoms with Crippen LogP contribution in [0.25, 0.3) is 0 Å². The molecule has 0 amide bonds. The molecule has 0 saturated carbocycles. The number of hydrogen-bond acceptors (Lipinski definition) is 6. The van der Waals surface area contributed by atoms with Crippen LogP contribution in [0.4, 0.5) is 0 Å². The summed E-state index contributed by atoms with van der Waals surface area (Å²) in [7, 11) is 0. The van der Waals surface area contributed by atoms with E-state index in [9.17, 15) is 14.4 Å². The third-order valence-corrected chi connectivity index (χ3v) is 12.3. The molecule has 0 fully saturated rings. The van der Waals surface area contributed by atoms with Crippen LogP contribution < -0.4 is 0 Å². The highest BCUT2D eigenvalue weighted by atomic mass is 16.6. The fraction of sp³-hybridized carbons (Fsp3) is 0.726. The summed E-state index contributed by atoms with van der Waals surface area (Å²) in [6.45, 7) is 6.46. The first-order chi connectivity index (χ1) is 33.5. The molecule has 0 N–H and O–H groups in total. The fourth-order valence-electron chi connectivity index (χ4n) is 8.00. The molecule has 0 aliphatic carbocycles.